The molecule has 5 heteroatoms. The predicted octanol–water partition coefficient (Wildman–Crippen LogP) is 3.73. The van der Waals surface area contributed by atoms with Crippen LogP contribution in [0.1, 0.15) is 26.3 Å². The van der Waals surface area contributed by atoms with E-state index in [-0.39, 0.29) is 5.41 Å². The molecule has 3 N–H and O–H groups in total. The summed E-state index contributed by atoms with van der Waals surface area (Å²) in [6, 6.07) is 6.00. The van der Waals surface area contributed by atoms with Crippen LogP contribution in [0.15, 0.2) is 22.7 Å². The Labute approximate surface area is 121 Å². The van der Waals surface area contributed by atoms with Crippen molar-refractivity contribution in [1.29, 1.82) is 0 Å². The van der Waals surface area contributed by atoms with Crippen molar-refractivity contribution in [3.05, 3.63) is 28.2 Å². The predicted molar refractivity (Wildman–Crippen MR) is 81.4 cm³/mol. The number of aromatic nitrogens is 2. The normalized spacial score (nSPS) is 11.6. The van der Waals surface area contributed by atoms with Gasteiger partial charge in [-0.25, -0.2) is 0 Å². The number of ether oxygens (including phenoxy) is 1. The van der Waals surface area contributed by atoms with E-state index < -0.39 is 0 Å². The molecule has 0 aliphatic carbocycles. The summed E-state index contributed by atoms with van der Waals surface area (Å²) in [6.07, 6.45) is 0. The zero-order valence-corrected chi connectivity index (χ0v) is 13.1. The fraction of sp³-hybridized carbons (Fsp3) is 0.357. The summed E-state index contributed by atoms with van der Waals surface area (Å²) in [4.78, 5) is 0. The molecule has 2 rings (SSSR count). The Balaban J connectivity index is 2.66. The van der Waals surface area contributed by atoms with Crippen molar-refractivity contribution in [2.75, 3.05) is 12.8 Å². The second kappa shape index (κ2) is 4.89. The zero-order chi connectivity index (χ0) is 14.2. The van der Waals surface area contributed by atoms with Gasteiger partial charge in [0, 0.05) is 11.6 Å². The van der Waals surface area contributed by atoms with Crippen molar-refractivity contribution < 1.29 is 4.74 Å². The van der Waals surface area contributed by atoms with Gasteiger partial charge in [-0.3, -0.25) is 5.10 Å². The first-order valence-corrected chi connectivity index (χ1v) is 6.81. The standard InChI is InChI=1S/C14H18BrN3O/c1-14(2,3)8-5-9(11-7-12(16)18-17-11)13(19-4)10(15)6-8/h5-7H,1-4H3,(H3,16,17,18). The maximum absolute atomic E-state index is 5.67. The minimum absolute atomic E-state index is 0.0507. The molecule has 102 valence electrons. The molecule has 0 aliphatic rings. The average Bonchev–Trinajstić information content (AvgIpc) is 2.73. The SMILES string of the molecule is COc1c(Br)cc(C(C)(C)C)cc1-c1cc(N)n[nH]1. The smallest absolute Gasteiger partial charge is 0.145 e. The molecule has 19 heavy (non-hydrogen) atoms. The lowest BCUT2D eigenvalue weighted by atomic mass is 9.85. The van der Waals surface area contributed by atoms with Crippen LogP contribution in [-0.4, -0.2) is 17.3 Å². The van der Waals surface area contributed by atoms with Crippen molar-refractivity contribution in [1.82, 2.24) is 10.2 Å². The van der Waals surface area contributed by atoms with E-state index in [2.05, 4.69) is 59.0 Å². The number of nitrogens with two attached hydrogens (primary N) is 1. The lowest BCUT2D eigenvalue weighted by Crippen LogP contribution is -2.11. The fourth-order valence-electron chi connectivity index (χ4n) is 1.91. The van der Waals surface area contributed by atoms with E-state index in [1.54, 1.807) is 13.2 Å². The van der Waals surface area contributed by atoms with Crippen LogP contribution < -0.4 is 10.5 Å². The Hall–Kier alpha value is -1.49. The topological polar surface area (TPSA) is 63.9 Å². The monoisotopic (exact) mass is 323 g/mol. The van der Waals surface area contributed by atoms with Crippen LogP contribution in [-0.2, 0) is 5.41 Å². The van der Waals surface area contributed by atoms with E-state index in [1.165, 1.54) is 5.56 Å². The number of hydrogen-bond acceptors (Lipinski definition) is 3. The van der Waals surface area contributed by atoms with Crippen molar-refractivity contribution in [2.24, 2.45) is 0 Å². The first-order valence-electron chi connectivity index (χ1n) is 6.02. The second-order valence-electron chi connectivity index (χ2n) is 5.50. The molecule has 0 amide bonds. The van der Waals surface area contributed by atoms with Crippen LogP contribution in [0.3, 0.4) is 0 Å². The zero-order valence-electron chi connectivity index (χ0n) is 11.5. The maximum atomic E-state index is 5.67. The van der Waals surface area contributed by atoms with E-state index in [4.69, 9.17) is 10.5 Å². The molecular weight excluding hydrogens is 306 g/mol. The molecule has 1 aromatic heterocycles. The summed E-state index contributed by atoms with van der Waals surface area (Å²) in [5.41, 5.74) is 8.73. The molecule has 0 radical (unpaired) electrons. The van der Waals surface area contributed by atoms with Crippen molar-refractivity contribution >= 4 is 21.7 Å². The minimum Gasteiger partial charge on any atom is -0.495 e. The van der Waals surface area contributed by atoms with E-state index in [9.17, 15) is 0 Å². The minimum atomic E-state index is 0.0507. The van der Waals surface area contributed by atoms with Crippen molar-refractivity contribution in [2.45, 2.75) is 26.2 Å². The van der Waals surface area contributed by atoms with Gasteiger partial charge in [-0.05, 0) is 39.0 Å². The van der Waals surface area contributed by atoms with E-state index >= 15 is 0 Å². The van der Waals surface area contributed by atoms with Gasteiger partial charge in [0.25, 0.3) is 0 Å². The number of nitrogen functional groups attached to an aromatic ring is 1. The van der Waals surface area contributed by atoms with Crippen LogP contribution in [0.2, 0.25) is 0 Å². The number of nitrogens with zero attached hydrogens (tertiary/aromatic N) is 1. The number of aromatic amines is 1. The van der Waals surface area contributed by atoms with Crippen LogP contribution in [0.25, 0.3) is 11.3 Å². The molecule has 2 aromatic rings. The van der Waals surface area contributed by atoms with Gasteiger partial charge in [-0.2, -0.15) is 5.10 Å². The van der Waals surface area contributed by atoms with Gasteiger partial charge in [0.05, 0.1) is 17.3 Å². The molecule has 0 atom stereocenters. The number of rotatable bonds is 2. The average molecular weight is 324 g/mol. The summed E-state index contributed by atoms with van der Waals surface area (Å²) < 4.78 is 6.39. The Morgan fingerprint density at radius 2 is 1.95 bits per heavy atom. The largest absolute Gasteiger partial charge is 0.495 e. The Kier molecular flexibility index (Phi) is 3.58. The molecule has 1 heterocycles. The summed E-state index contributed by atoms with van der Waals surface area (Å²) >= 11 is 3.56. The molecular formula is C14H18BrN3O. The molecule has 0 unspecified atom stereocenters. The molecule has 0 saturated carbocycles. The number of benzene rings is 1. The highest BCUT2D eigenvalue weighted by atomic mass is 79.9. The number of hydrogen-bond donors (Lipinski definition) is 2. The summed E-state index contributed by atoms with van der Waals surface area (Å²) in [5.74, 6) is 1.24. The van der Waals surface area contributed by atoms with Gasteiger partial charge in [0.1, 0.15) is 11.6 Å². The molecule has 4 nitrogen and oxygen atoms in total. The van der Waals surface area contributed by atoms with Crippen LogP contribution in [0.5, 0.6) is 5.75 Å². The van der Waals surface area contributed by atoms with Gasteiger partial charge >= 0.3 is 0 Å². The second-order valence-corrected chi connectivity index (χ2v) is 6.35. The molecule has 0 aliphatic heterocycles. The van der Waals surface area contributed by atoms with E-state index in [0.717, 1.165) is 21.5 Å². The highest BCUT2D eigenvalue weighted by molar-refractivity contribution is 9.10. The number of H-pyrrole nitrogens is 1. The van der Waals surface area contributed by atoms with Crippen LogP contribution >= 0.6 is 15.9 Å². The highest BCUT2D eigenvalue weighted by Crippen LogP contribution is 2.40. The summed E-state index contributed by atoms with van der Waals surface area (Å²) in [6.45, 7) is 6.52. The fourth-order valence-corrected chi connectivity index (χ4v) is 2.53. The Morgan fingerprint density at radius 1 is 1.26 bits per heavy atom. The molecule has 0 saturated heterocycles. The number of anilines is 1. The molecule has 0 spiro atoms. The van der Waals surface area contributed by atoms with Crippen LogP contribution in [0.4, 0.5) is 5.82 Å². The first kappa shape index (κ1) is 13.9. The third-order valence-corrected chi connectivity index (χ3v) is 3.59. The van der Waals surface area contributed by atoms with E-state index in [1.807, 2.05) is 0 Å². The summed E-state index contributed by atoms with van der Waals surface area (Å²) in [7, 11) is 1.65. The van der Waals surface area contributed by atoms with Crippen molar-refractivity contribution in [3.63, 3.8) is 0 Å². The highest BCUT2D eigenvalue weighted by Gasteiger charge is 2.20. The van der Waals surface area contributed by atoms with Crippen LogP contribution in [0, 0.1) is 0 Å². The van der Waals surface area contributed by atoms with Gasteiger partial charge < -0.3 is 10.5 Å². The summed E-state index contributed by atoms with van der Waals surface area (Å²) in [5, 5.41) is 6.90. The van der Waals surface area contributed by atoms with Crippen molar-refractivity contribution in [3.8, 4) is 17.0 Å². The molecule has 1 aromatic carbocycles. The third-order valence-electron chi connectivity index (χ3n) is 3.00. The molecule has 0 bridgehead atoms. The maximum Gasteiger partial charge on any atom is 0.145 e. The van der Waals surface area contributed by atoms with E-state index in [0.29, 0.717) is 5.82 Å². The quantitative estimate of drug-likeness (QED) is 0.885. The lowest BCUT2D eigenvalue weighted by molar-refractivity contribution is 0.413. The number of methoxy groups -OCH3 is 1. The van der Waals surface area contributed by atoms with Gasteiger partial charge in [-0.1, -0.05) is 20.8 Å². The Bertz CT molecular complexity index is 599. The number of nitrogens with one attached hydrogen (secondary N) is 1. The lowest BCUT2D eigenvalue weighted by Gasteiger charge is -2.22. The van der Waals surface area contributed by atoms with Gasteiger partial charge in [-0.15, -0.1) is 0 Å². The van der Waals surface area contributed by atoms with Gasteiger partial charge in [0.15, 0.2) is 0 Å². The third kappa shape index (κ3) is 2.76. The van der Waals surface area contributed by atoms with Gasteiger partial charge in [0.2, 0.25) is 0 Å². The Morgan fingerprint density at radius 3 is 2.42 bits per heavy atom. The number of halogens is 1. The molecule has 0 fully saturated rings. The first-order chi connectivity index (χ1) is 8.82.